The van der Waals surface area contributed by atoms with Gasteiger partial charge in [0.2, 0.25) is 11.8 Å². The molecule has 5 rings (SSSR count). The maximum atomic E-state index is 13.0. The Labute approximate surface area is 209 Å². The number of hydrogen-bond acceptors (Lipinski definition) is 8. The van der Waals surface area contributed by atoms with Crippen LogP contribution >= 0.6 is 0 Å². The Morgan fingerprint density at radius 1 is 1.30 bits per heavy atom. The van der Waals surface area contributed by atoms with E-state index >= 15 is 0 Å². The monoisotopic (exact) mass is 519 g/mol. The summed E-state index contributed by atoms with van der Waals surface area (Å²) in [7, 11) is 0. The Morgan fingerprint density at radius 2 is 2.08 bits per heavy atom. The maximum Gasteiger partial charge on any atom is 0.405 e. The predicted molar refractivity (Wildman–Crippen MR) is 125 cm³/mol. The standard InChI is InChI=1S/C23H24F3N7O4/c1-22(2)4-6-32(21(22)35)18-15(8-33(31-18)14-9-36-10-14)29-19(34)16-11-37-20(30-16)13-3-5-27-17(7-13)28-12-23(24,25)26/h3,5,7-8,11,14H,4,6,9-10,12H2,1-2H3,(H,27,28)(H,29,34). The van der Waals surface area contributed by atoms with Crippen molar-refractivity contribution in [2.24, 2.45) is 5.41 Å². The van der Waals surface area contributed by atoms with Gasteiger partial charge >= 0.3 is 6.18 Å². The molecule has 0 atom stereocenters. The predicted octanol–water partition coefficient (Wildman–Crippen LogP) is 3.49. The first-order valence-electron chi connectivity index (χ1n) is 11.5. The molecule has 196 valence electrons. The number of rotatable bonds is 7. The average Bonchev–Trinajstić information content (AvgIpc) is 3.50. The average molecular weight is 519 g/mol. The van der Waals surface area contributed by atoms with E-state index in [0.717, 1.165) is 6.26 Å². The van der Waals surface area contributed by atoms with Crippen LogP contribution in [-0.4, -0.2) is 64.0 Å². The molecule has 0 spiro atoms. The summed E-state index contributed by atoms with van der Waals surface area (Å²) in [5.41, 5.74) is 0.0804. The van der Waals surface area contributed by atoms with E-state index in [1.54, 1.807) is 15.8 Å². The molecule has 14 heteroatoms. The van der Waals surface area contributed by atoms with Gasteiger partial charge in [-0.2, -0.15) is 18.3 Å². The summed E-state index contributed by atoms with van der Waals surface area (Å²) in [6, 6.07) is 2.83. The van der Waals surface area contributed by atoms with Gasteiger partial charge in [-0.15, -0.1) is 0 Å². The van der Waals surface area contributed by atoms with Gasteiger partial charge in [0, 0.05) is 23.7 Å². The second-order valence-electron chi connectivity index (χ2n) is 9.52. The number of carbonyl (C=O) groups excluding carboxylic acids is 2. The molecular weight excluding hydrogens is 495 g/mol. The third kappa shape index (κ3) is 5.14. The number of nitrogens with one attached hydrogen (secondary N) is 2. The molecule has 2 saturated heterocycles. The van der Waals surface area contributed by atoms with Crippen LogP contribution in [0, 0.1) is 5.41 Å². The molecule has 2 amide bonds. The molecule has 37 heavy (non-hydrogen) atoms. The van der Waals surface area contributed by atoms with Crippen molar-refractivity contribution in [1.29, 1.82) is 0 Å². The first-order chi connectivity index (χ1) is 17.5. The number of hydrogen-bond donors (Lipinski definition) is 2. The van der Waals surface area contributed by atoms with Gasteiger partial charge in [0.15, 0.2) is 11.5 Å². The van der Waals surface area contributed by atoms with Crippen LogP contribution in [0.15, 0.2) is 35.2 Å². The van der Waals surface area contributed by atoms with E-state index in [2.05, 4.69) is 25.7 Å². The second kappa shape index (κ2) is 9.18. The quantitative estimate of drug-likeness (QED) is 0.486. The minimum absolute atomic E-state index is 0.000566. The summed E-state index contributed by atoms with van der Waals surface area (Å²) in [5, 5.41) is 9.51. The Hall–Kier alpha value is -3.94. The third-order valence-electron chi connectivity index (χ3n) is 6.21. The molecule has 3 aromatic heterocycles. The molecule has 5 heterocycles. The van der Waals surface area contributed by atoms with E-state index in [1.807, 2.05) is 13.8 Å². The molecule has 2 fully saturated rings. The number of amides is 2. The van der Waals surface area contributed by atoms with Crippen molar-refractivity contribution >= 4 is 29.1 Å². The number of halogens is 3. The highest BCUT2D eigenvalue weighted by molar-refractivity contribution is 6.07. The van der Waals surface area contributed by atoms with Crippen LogP contribution in [0.1, 0.15) is 36.8 Å². The van der Waals surface area contributed by atoms with E-state index in [9.17, 15) is 22.8 Å². The second-order valence-corrected chi connectivity index (χ2v) is 9.52. The molecule has 11 nitrogen and oxygen atoms in total. The molecule has 2 aliphatic rings. The first kappa shape index (κ1) is 24.7. The number of aromatic nitrogens is 4. The van der Waals surface area contributed by atoms with E-state index in [0.29, 0.717) is 43.2 Å². The highest BCUT2D eigenvalue weighted by Crippen LogP contribution is 2.37. The molecule has 0 saturated carbocycles. The smallest absolute Gasteiger partial charge is 0.405 e. The van der Waals surface area contributed by atoms with E-state index in [-0.39, 0.29) is 29.4 Å². The van der Waals surface area contributed by atoms with Crippen LogP contribution in [0.25, 0.3) is 11.5 Å². The largest absolute Gasteiger partial charge is 0.444 e. The molecule has 2 aliphatic heterocycles. The lowest BCUT2D eigenvalue weighted by Crippen LogP contribution is -2.33. The first-order valence-corrected chi connectivity index (χ1v) is 11.5. The van der Waals surface area contributed by atoms with E-state index < -0.39 is 24.0 Å². The van der Waals surface area contributed by atoms with Crippen molar-refractivity contribution in [3.63, 3.8) is 0 Å². The van der Waals surface area contributed by atoms with Crippen molar-refractivity contribution in [2.75, 3.05) is 41.8 Å². The third-order valence-corrected chi connectivity index (χ3v) is 6.21. The summed E-state index contributed by atoms with van der Waals surface area (Å²) >= 11 is 0. The summed E-state index contributed by atoms with van der Waals surface area (Å²) in [6.07, 6.45) is 0.345. The van der Waals surface area contributed by atoms with Crippen LogP contribution in [0.4, 0.5) is 30.5 Å². The van der Waals surface area contributed by atoms with Gasteiger partial charge in [-0.25, -0.2) is 9.97 Å². The fourth-order valence-electron chi connectivity index (χ4n) is 3.95. The fourth-order valence-corrected chi connectivity index (χ4v) is 3.95. The fraction of sp³-hybridized carbons (Fsp3) is 0.435. The van der Waals surface area contributed by atoms with Gasteiger partial charge in [0.25, 0.3) is 5.91 Å². The maximum absolute atomic E-state index is 13.0. The lowest BCUT2D eigenvalue weighted by molar-refractivity contribution is -0.124. The number of ether oxygens (including phenoxy) is 1. The summed E-state index contributed by atoms with van der Waals surface area (Å²) in [4.78, 5) is 35.5. The Bertz CT molecular complexity index is 1330. The van der Waals surface area contributed by atoms with Crippen LogP contribution in [0.5, 0.6) is 0 Å². The minimum atomic E-state index is -4.40. The highest BCUT2D eigenvalue weighted by Gasteiger charge is 2.41. The molecule has 0 aromatic carbocycles. The molecule has 0 radical (unpaired) electrons. The van der Waals surface area contributed by atoms with Crippen molar-refractivity contribution in [1.82, 2.24) is 19.7 Å². The highest BCUT2D eigenvalue weighted by atomic mass is 19.4. The molecule has 0 unspecified atom stereocenters. The molecule has 3 aromatic rings. The van der Waals surface area contributed by atoms with Gasteiger partial charge in [0.05, 0.1) is 25.5 Å². The number of carbonyl (C=O) groups is 2. The van der Waals surface area contributed by atoms with Gasteiger partial charge in [-0.1, -0.05) is 13.8 Å². The van der Waals surface area contributed by atoms with Crippen molar-refractivity contribution < 1.29 is 31.9 Å². The zero-order valence-electron chi connectivity index (χ0n) is 20.0. The van der Waals surface area contributed by atoms with Gasteiger partial charge in [-0.3, -0.25) is 19.2 Å². The minimum Gasteiger partial charge on any atom is -0.444 e. The lowest BCUT2D eigenvalue weighted by Gasteiger charge is -2.26. The van der Waals surface area contributed by atoms with E-state index in [4.69, 9.17) is 9.15 Å². The molecule has 2 N–H and O–H groups in total. The zero-order valence-corrected chi connectivity index (χ0v) is 20.0. The summed E-state index contributed by atoms with van der Waals surface area (Å²) in [5.74, 6) is -0.338. The zero-order chi connectivity index (χ0) is 26.4. The number of anilines is 3. The van der Waals surface area contributed by atoms with Crippen LogP contribution in [0.2, 0.25) is 0 Å². The van der Waals surface area contributed by atoms with Gasteiger partial charge in [-0.05, 0) is 18.6 Å². The van der Waals surface area contributed by atoms with Crippen molar-refractivity contribution in [3.05, 3.63) is 36.5 Å². The lowest BCUT2D eigenvalue weighted by atomic mass is 9.92. The van der Waals surface area contributed by atoms with Crippen molar-refractivity contribution in [3.8, 4) is 11.5 Å². The SMILES string of the molecule is CC1(C)CCN(c2nn(C3COC3)cc2NC(=O)c2coc(-c3ccnc(NCC(F)(F)F)c3)n2)C1=O. The molecular formula is C23H24F3N7O4. The Kier molecular flexibility index (Phi) is 6.14. The topological polar surface area (TPSA) is 127 Å². The van der Waals surface area contributed by atoms with Gasteiger partial charge < -0.3 is 19.8 Å². The summed E-state index contributed by atoms with van der Waals surface area (Å²) < 4.78 is 49.8. The number of oxazole rings is 1. The van der Waals surface area contributed by atoms with Crippen molar-refractivity contribution in [2.45, 2.75) is 32.5 Å². The normalized spacial score (nSPS) is 17.6. The van der Waals surface area contributed by atoms with Gasteiger partial charge in [0.1, 0.15) is 24.3 Å². The summed E-state index contributed by atoms with van der Waals surface area (Å²) in [6.45, 7) is 3.91. The Balaban J connectivity index is 1.35. The van der Waals surface area contributed by atoms with E-state index in [1.165, 1.54) is 18.3 Å². The van der Waals surface area contributed by atoms with Crippen LogP contribution < -0.4 is 15.5 Å². The van der Waals surface area contributed by atoms with Crippen LogP contribution in [0.3, 0.4) is 0 Å². The Morgan fingerprint density at radius 3 is 2.73 bits per heavy atom. The number of alkyl halides is 3. The molecule has 0 bridgehead atoms. The number of pyridine rings is 1. The molecule has 0 aliphatic carbocycles. The van der Waals surface area contributed by atoms with Crippen LogP contribution in [-0.2, 0) is 9.53 Å². The number of nitrogens with zero attached hydrogens (tertiary/aromatic N) is 5.